The Morgan fingerprint density at radius 1 is 0.500 bits per heavy atom. The van der Waals surface area contributed by atoms with Gasteiger partial charge < -0.3 is 28.8 Å². The lowest BCUT2D eigenvalue weighted by atomic mass is 10.0. The number of fused-ring (bicyclic) bond motifs is 18. The van der Waals surface area contributed by atoms with Crippen molar-refractivity contribution in [3.05, 3.63) is 60.7 Å². The van der Waals surface area contributed by atoms with Crippen LogP contribution >= 0.6 is 0 Å². The van der Waals surface area contributed by atoms with Crippen LogP contribution in [0.5, 0.6) is 11.5 Å². The smallest absolute Gasteiger partial charge is 0.251 e. The molecule has 0 fully saturated rings. The second-order valence-electron chi connectivity index (χ2n) is 17.7. The minimum absolute atomic E-state index is 0.149. The van der Waals surface area contributed by atoms with Crippen molar-refractivity contribution < 1.29 is 23.7 Å². The average molecular weight is 922 g/mol. The summed E-state index contributed by atoms with van der Waals surface area (Å²) in [6.45, 7) is 5.24. The third kappa shape index (κ3) is 11.8. The van der Waals surface area contributed by atoms with Gasteiger partial charge in [-0.05, 0) is 18.6 Å². The molecule has 16 nitrogen and oxygen atoms in total. The van der Waals surface area contributed by atoms with Crippen LogP contribution in [0.2, 0.25) is 0 Å². The second-order valence-corrected chi connectivity index (χ2v) is 17.7. The van der Waals surface area contributed by atoms with E-state index in [9.17, 15) is 4.79 Å². The van der Waals surface area contributed by atoms with Gasteiger partial charge in [0.25, 0.3) is 11.6 Å². The molecule has 0 atom stereocenters. The maximum Gasteiger partial charge on any atom is 0.251 e. The number of hydrogen-bond donors (Lipinski definition) is 2. The van der Waals surface area contributed by atoms with E-state index in [4.69, 9.17) is 48.9 Å². The van der Waals surface area contributed by atoms with Crippen molar-refractivity contribution in [3.63, 3.8) is 0 Å². The largest absolute Gasteiger partial charge is 0.487 e. The molecule has 3 aliphatic heterocycles. The highest BCUT2D eigenvalue weighted by atomic mass is 16.6. The average Bonchev–Trinajstić information content (AvgIpc) is 4.12. The number of carbonyl (C=O) groups is 1. The number of nitrogens with zero attached hydrogens (tertiary/aromatic N) is 9. The highest BCUT2D eigenvalue weighted by Gasteiger charge is 2.23. The monoisotopic (exact) mass is 922 g/mol. The Kier molecular flexibility index (Phi) is 16.2. The fourth-order valence-electron chi connectivity index (χ4n) is 9.03. The van der Waals surface area contributed by atoms with E-state index < -0.39 is 0 Å². The van der Waals surface area contributed by atoms with Crippen molar-refractivity contribution >= 4 is 39.5 Å². The summed E-state index contributed by atoms with van der Waals surface area (Å²) in [5, 5.41) is 9.92. The lowest BCUT2D eigenvalue weighted by molar-refractivity contribution is -0.133. The maximum atomic E-state index is 13.4. The molecule has 1 amide bonds. The van der Waals surface area contributed by atoms with Crippen LogP contribution in [0.25, 0.3) is 79.2 Å². The van der Waals surface area contributed by atoms with E-state index >= 15 is 0 Å². The van der Waals surface area contributed by atoms with Crippen LogP contribution in [-0.4, -0.2) is 114 Å². The number of H-pyrrole nitrogens is 2. The van der Waals surface area contributed by atoms with E-state index in [2.05, 4.69) is 27.1 Å². The van der Waals surface area contributed by atoms with E-state index in [1.165, 1.54) is 83.5 Å². The van der Waals surface area contributed by atoms with Crippen molar-refractivity contribution in [2.75, 3.05) is 52.7 Å². The Bertz CT molecular complexity index is 2650. The number of benzene rings is 3. The molecule has 2 N–H and O–H groups in total. The number of aromatic nitrogens is 10. The van der Waals surface area contributed by atoms with Gasteiger partial charge in [0.15, 0.2) is 34.8 Å². The number of amides is 1. The number of ether oxygens (including phenoxy) is 4. The highest BCUT2D eigenvalue weighted by molar-refractivity contribution is 6.06. The zero-order chi connectivity index (χ0) is 46.3. The SMILES string of the molecule is CCCCCCCCCCCCCCCCCC(=O)N1CCOCCOc2cc3c4nc5nc(nc6nnc(nc7nc(nc([nH]4)c3cc2OCCOCC1)-c1ccccc1-7)[nH]6)-c1ccccc1-5. The Labute approximate surface area is 397 Å². The zero-order valence-corrected chi connectivity index (χ0v) is 39.3. The first kappa shape index (κ1) is 46.7. The number of carbonyl (C=O) groups excluding carboxylic acids is 1. The normalized spacial score (nSPS) is 14.3. The minimum Gasteiger partial charge on any atom is -0.487 e. The summed E-state index contributed by atoms with van der Waals surface area (Å²) < 4.78 is 24.9. The van der Waals surface area contributed by atoms with E-state index in [0.29, 0.717) is 92.0 Å². The molecule has 3 aromatic carbocycles. The standard InChI is InChI=1S/C52H63N11O5/c1-2-3-4-5-6-7-8-9-10-11-12-13-14-15-16-25-44(64)63-26-28-65-30-32-67-42-34-40-41(35-43(42)68-33-31-66-29-27-63)50-56-46-37-22-18-20-24-39(37)48(54-46)59-52-60-51(61-62-52)58-47-38-23-19-17-21-36(38)45(53-47)55-49(40)57-50/h17-24,34-35H,2-16,25-33H2,1H3,(H2,53,54,55,56,57,58,59,60,61,62). The van der Waals surface area contributed by atoms with Gasteiger partial charge in [0, 0.05) is 52.5 Å². The van der Waals surface area contributed by atoms with Crippen LogP contribution in [0, 0.1) is 0 Å². The van der Waals surface area contributed by atoms with Gasteiger partial charge in [-0.25, -0.2) is 19.9 Å². The minimum atomic E-state index is 0.149. The summed E-state index contributed by atoms with van der Waals surface area (Å²) in [7, 11) is 0. The first-order valence-corrected chi connectivity index (χ1v) is 24.9. The Hall–Kier alpha value is -6.39. The predicted octanol–water partition coefficient (Wildman–Crippen LogP) is 10.4. The van der Waals surface area contributed by atoms with Crippen molar-refractivity contribution in [1.29, 1.82) is 0 Å². The molecule has 3 aliphatic rings. The van der Waals surface area contributed by atoms with Crippen LogP contribution in [-0.2, 0) is 14.3 Å². The summed E-state index contributed by atoms with van der Waals surface area (Å²) in [5.74, 6) is 3.48. The van der Waals surface area contributed by atoms with Crippen molar-refractivity contribution in [1.82, 2.24) is 55.0 Å². The van der Waals surface area contributed by atoms with E-state index in [1.54, 1.807) is 0 Å². The van der Waals surface area contributed by atoms with Gasteiger partial charge in [0.05, 0.1) is 26.4 Å². The summed E-state index contributed by atoms with van der Waals surface area (Å²) in [6, 6.07) is 19.4. The molecule has 0 saturated heterocycles. The zero-order valence-electron chi connectivity index (χ0n) is 39.3. The fourth-order valence-corrected chi connectivity index (χ4v) is 9.03. The molecule has 0 unspecified atom stereocenters. The van der Waals surface area contributed by atoms with Gasteiger partial charge >= 0.3 is 0 Å². The first-order chi connectivity index (χ1) is 33.6. The van der Waals surface area contributed by atoms with Gasteiger partial charge in [-0.3, -0.25) is 9.78 Å². The number of hydrogen-bond acceptors (Lipinski definition) is 13. The molecule has 6 heterocycles. The van der Waals surface area contributed by atoms with Crippen LogP contribution < -0.4 is 9.47 Å². The van der Waals surface area contributed by atoms with Crippen LogP contribution in [0.15, 0.2) is 60.7 Å². The molecule has 9 rings (SSSR count). The van der Waals surface area contributed by atoms with E-state index in [1.807, 2.05) is 65.6 Å². The van der Waals surface area contributed by atoms with Gasteiger partial charge in [-0.1, -0.05) is 145 Å². The maximum absolute atomic E-state index is 13.4. The molecule has 0 radical (unpaired) electrons. The van der Waals surface area contributed by atoms with Gasteiger partial charge in [-0.2, -0.15) is 9.97 Å². The van der Waals surface area contributed by atoms with Gasteiger partial charge in [0.2, 0.25) is 5.91 Å². The third-order valence-electron chi connectivity index (χ3n) is 12.7. The van der Waals surface area contributed by atoms with Crippen LogP contribution in [0.3, 0.4) is 0 Å². The molecule has 0 aliphatic carbocycles. The molecule has 3 aromatic heterocycles. The molecule has 8 bridgehead atoms. The second kappa shape index (κ2) is 23.6. The molecule has 6 aromatic rings. The number of unbranched alkanes of at least 4 members (excludes halogenated alkanes) is 14. The lowest BCUT2D eigenvalue weighted by Crippen LogP contribution is -2.37. The predicted molar refractivity (Wildman–Crippen MR) is 263 cm³/mol. The highest BCUT2D eigenvalue weighted by Crippen LogP contribution is 2.39. The summed E-state index contributed by atoms with van der Waals surface area (Å²) in [5.41, 5.74) is 4.25. The Morgan fingerprint density at radius 3 is 1.35 bits per heavy atom. The molecule has 0 saturated carbocycles. The Morgan fingerprint density at radius 2 is 0.912 bits per heavy atom. The molecular formula is C52H63N11O5. The number of rotatable bonds is 16. The molecule has 356 valence electrons. The van der Waals surface area contributed by atoms with Crippen molar-refractivity contribution in [2.24, 2.45) is 0 Å². The first-order valence-electron chi connectivity index (χ1n) is 24.9. The number of aromatic amines is 2. The summed E-state index contributed by atoms with van der Waals surface area (Å²) in [6.07, 6.45) is 20.0. The Balaban J connectivity index is 0.879. The third-order valence-corrected chi connectivity index (χ3v) is 12.7. The van der Waals surface area contributed by atoms with Crippen LogP contribution in [0.4, 0.5) is 0 Å². The van der Waals surface area contributed by atoms with Gasteiger partial charge in [-0.15, -0.1) is 10.2 Å². The molecule has 68 heavy (non-hydrogen) atoms. The van der Waals surface area contributed by atoms with Gasteiger partial charge in [0.1, 0.15) is 24.5 Å². The quantitative estimate of drug-likeness (QED) is 0.0871. The summed E-state index contributed by atoms with van der Waals surface area (Å²) in [4.78, 5) is 51.2. The van der Waals surface area contributed by atoms with E-state index in [-0.39, 0.29) is 30.7 Å². The molecule has 16 heteroatoms. The van der Waals surface area contributed by atoms with Crippen LogP contribution in [0.1, 0.15) is 110 Å². The molecular weight excluding hydrogens is 859 g/mol. The lowest BCUT2D eigenvalue weighted by Gasteiger charge is -2.22. The fraction of sp³-hybridized carbons (Fsp3) is 0.481. The molecule has 0 spiro atoms. The van der Waals surface area contributed by atoms with E-state index in [0.717, 1.165) is 45.9 Å². The van der Waals surface area contributed by atoms with Crippen molar-refractivity contribution in [3.8, 4) is 57.1 Å². The van der Waals surface area contributed by atoms with Crippen molar-refractivity contribution in [2.45, 2.75) is 110 Å². The summed E-state index contributed by atoms with van der Waals surface area (Å²) >= 11 is 0. The topological polar surface area (TPSA) is 192 Å². The number of nitrogens with one attached hydrogen (secondary N) is 2.